The van der Waals surface area contributed by atoms with Crippen LogP contribution in [-0.4, -0.2) is 52.8 Å². The Labute approximate surface area is 228 Å². The van der Waals surface area contributed by atoms with Crippen LogP contribution in [0.3, 0.4) is 0 Å². The molecule has 3 amide bonds. The summed E-state index contributed by atoms with van der Waals surface area (Å²) in [4.78, 5) is 42.0. The van der Waals surface area contributed by atoms with Gasteiger partial charge in [-0.1, -0.05) is 69.7 Å². The van der Waals surface area contributed by atoms with E-state index < -0.39 is 23.8 Å². The van der Waals surface area contributed by atoms with E-state index in [1.54, 1.807) is 25.7 Å². The van der Waals surface area contributed by atoms with Crippen molar-refractivity contribution in [3.05, 3.63) is 35.4 Å². The van der Waals surface area contributed by atoms with Crippen molar-refractivity contribution in [3.8, 4) is 0 Å². The monoisotopic (exact) mass is 533 g/mol. The zero-order chi connectivity index (χ0) is 27.4. The molecule has 0 heterocycles. The Kier molecular flexibility index (Phi) is 12.8. The molecule has 1 aromatic rings. The number of hydrogen-bond donors (Lipinski definition) is 3. The number of amides is 3. The highest BCUT2D eigenvalue weighted by molar-refractivity contribution is 7.80. The molecule has 0 bridgehead atoms. The van der Waals surface area contributed by atoms with E-state index in [2.05, 4.69) is 30.2 Å². The molecule has 1 aromatic carbocycles. The normalized spacial score (nSPS) is 15.9. The van der Waals surface area contributed by atoms with Crippen molar-refractivity contribution in [2.45, 2.75) is 116 Å². The standard InChI is InChI=1S/C29H47N3O4S/c1-6-7-8-14-19-32(27(34)24(20-37)31-28(35)36-29(3,4)5)25(23-18-13-12-15-21(23)2)26(33)30-22-16-10-9-11-17-22/h12-13,15,18,22,24-25,37H,6-11,14,16-17,19-20H2,1-5H3,(H,30,33)(H,31,35). The molecule has 1 fully saturated rings. The topological polar surface area (TPSA) is 87.7 Å². The number of thiol groups is 1. The lowest BCUT2D eigenvalue weighted by molar-refractivity contribution is -0.142. The minimum Gasteiger partial charge on any atom is -0.444 e. The van der Waals surface area contributed by atoms with Crippen molar-refractivity contribution < 1.29 is 19.1 Å². The van der Waals surface area contributed by atoms with Crippen LogP contribution in [0.15, 0.2) is 24.3 Å². The van der Waals surface area contributed by atoms with Crippen molar-refractivity contribution in [2.24, 2.45) is 0 Å². The summed E-state index contributed by atoms with van der Waals surface area (Å²) >= 11 is 4.38. The van der Waals surface area contributed by atoms with Crippen molar-refractivity contribution in [1.29, 1.82) is 0 Å². The third-order valence-corrected chi connectivity index (χ3v) is 7.07. The van der Waals surface area contributed by atoms with Crippen molar-refractivity contribution >= 4 is 30.5 Å². The van der Waals surface area contributed by atoms with Gasteiger partial charge in [-0.25, -0.2) is 4.79 Å². The van der Waals surface area contributed by atoms with E-state index in [-0.39, 0.29) is 23.6 Å². The Balaban J connectivity index is 2.40. The minimum absolute atomic E-state index is 0.0915. The number of carbonyl (C=O) groups is 3. The van der Waals surface area contributed by atoms with Gasteiger partial charge in [0.2, 0.25) is 11.8 Å². The predicted octanol–water partition coefficient (Wildman–Crippen LogP) is 5.72. The molecule has 0 saturated heterocycles. The number of alkyl carbamates (subject to hydrolysis) is 1. The average Bonchev–Trinajstić information content (AvgIpc) is 2.84. The second-order valence-electron chi connectivity index (χ2n) is 11.1. The lowest BCUT2D eigenvalue weighted by Gasteiger charge is -2.36. The number of nitrogens with one attached hydrogen (secondary N) is 2. The Morgan fingerprint density at radius 2 is 1.76 bits per heavy atom. The maximum absolute atomic E-state index is 14.0. The van der Waals surface area contributed by atoms with Crippen LogP contribution in [0.4, 0.5) is 4.79 Å². The fourth-order valence-electron chi connectivity index (χ4n) is 4.78. The van der Waals surface area contributed by atoms with Gasteiger partial charge in [0.05, 0.1) is 0 Å². The summed E-state index contributed by atoms with van der Waals surface area (Å²) in [5.74, 6) is -0.404. The van der Waals surface area contributed by atoms with Crippen molar-refractivity contribution in [2.75, 3.05) is 12.3 Å². The van der Waals surface area contributed by atoms with Gasteiger partial charge in [0.1, 0.15) is 17.7 Å². The number of hydrogen-bond acceptors (Lipinski definition) is 5. The van der Waals surface area contributed by atoms with Crippen LogP contribution in [0.2, 0.25) is 0 Å². The van der Waals surface area contributed by atoms with Gasteiger partial charge in [0.15, 0.2) is 0 Å². The largest absolute Gasteiger partial charge is 0.444 e. The molecule has 208 valence electrons. The van der Waals surface area contributed by atoms with E-state index in [0.29, 0.717) is 6.54 Å². The summed E-state index contributed by atoms with van der Waals surface area (Å²) in [6, 6.07) is 6.12. The number of aryl methyl sites for hydroxylation is 1. The predicted molar refractivity (Wildman–Crippen MR) is 152 cm³/mol. The summed E-state index contributed by atoms with van der Waals surface area (Å²) in [6.07, 6.45) is 8.46. The van der Waals surface area contributed by atoms with Crippen molar-refractivity contribution in [1.82, 2.24) is 15.5 Å². The van der Waals surface area contributed by atoms with Crippen LogP contribution in [0.1, 0.15) is 103 Å². The first-order chi connectivity index (χ1) is 17.6. The van der Waals surface area contributed by atoms with Crippen LogP contribution in [0, 0.1) is 6.92 Å². The SMILES string of the molecule is CCCCCCN(C(=O)C(CS)NC(=O)OC(C)(C)C)C(C(=O)NC1CCCCC1)c1ccccc1C. The van der Waals surface area contributed by atoms with Crippen LogP contribution >= 0.6 is 12.6 Å². The molecule has 0 aliphatic heterocycles. The lowest BCUT2D eigenvalue weighted by Crippen LogP contribution is -2.54. The van der Waals surface area contributed by atoms with Gasteiger partial charge >= 0.3 is 6.09 Å². The maximum Gasteiger partial charge on any atom is 0.408 e. The Morgan fingerprint density at radius 1 is 1.08 bits per heavy atom. The molecule has 1 saturated carbocycles. The Hall–Kier alpha value is -2.22. The van der Waals surface area contributed by atoms with E-state index >= 15 is 0 Å². The van der Waals surface area contributed by atoms with Crippen LogP contribution in [0.5, 0.6) is 0 Å². The smallest absolute Gasteiger partial charge is 0.408 e. The van der Waals surface area contributed by atoms with E-state index in [1.807, 2.05) is 31.2 Å². The van der Waals surface area contributed by atoms with Gasteiger partial charge in [-0.05, 0) is 58.1 Å². The second kappa shape index (κ2) is 15.3. The molecule has 8 heteroatoms. The molecule has 0 aromatic heterocycles. The lowest BCUT2D eigenvalue weighted by atomic mass is 9.93. The molecule has 2 N–H and O–H groups in total. The molecule has 2 atom stereocenters. The summed E-state index contributed by atoms with van der Waals surface area (Å²) in [6.45, 7) is 9.83. The number of benzene rings is 1. The molecule has 2 unspecified atom stereocenters. The molecule has 37 heavy (non-hydrogen) atoms. The highest BCUT2D eigenvalue weighted by Gasteiger charge is 2.37. The van der Waals surface area contributed by atoms with E-state index in [1.165, 1.54) is 6.42 Å². The minimum atomic E-state index is -0.918. The first-order valence-corrected chi connectivity index (χ1v) is 14.5. The number of rotatable bonds is 12. The number of nitrogens with zero attached hydrogens (tertiary/aromatic N) is 1. The fourth-order valence-corrected chi connectivity index (χ4v) is 5.03. The van der Waals surface area contributed by atoms with Crippen LogP contribution in [0.25, 0.3) is 0 Å². The first kappa shape index (κ1) is 31.0. The van der Waals surface area contributed by atoms with Gasteiger partial charge in [0.25, 0.3) is 0 Å². The number of unbranched alkanes of at least 4 members (excludes halogenated alkanes) is 3. The Bertz CT molecular complexity index is 880. The second-order valence-corrected chi connectivity index (χ2v) is 11.4. The summed E-state index contributed by atoms with van der Waals surface area (Å²) < 4.78 is 5.39. The fraction of sp³-hybridized carbons (Fsp3) is 0.690. The van der Waals surface area contributed by atoms with Gasteiger partial charge < -0.3 is 20.3 Å². The molecule has 1 aliphatic rings. The van der Waals surface area contributed by atoms with Crippen LogP contribution in [-0.2, 0) is 14.3 Å². The molecule has 0 radical (unpaired) electrons. The van der Waals surface area contributed by atoms with Gasteiger partial charge in [0, 0.05) is 18.3 Å². The number of carbonyl (C=O) groups excluding carboxylic acids is 3. The highest BCUT2D eigenvalue weighted by Crippen LogP contribution is 2.28. The zero-order valence-corrected chi connectivity index (χ0v) is 24.2. The molecular formula is C29H47N3O4S. The Morgan fingerprint density at radius 3 is 2.35 bits per heavy atom. The molecular weight excluding hydrogens is 486 g/mol. The third kappa shape index (κ3) is 10.2. The number of ether oxygens (including phenoxy) is 1. The molecule has 7 nitrogen and oxygen atoms in total. The van der Waals surface area contributed by atoms with E-state index in [4.69, 9.17) is 4.74 Å². The summed E-state index contributed by atoms with van der Waals surface area (Å²) in [5.41, 5.74) is 1.05. The summed E-state index contributed by atoms with van der Waals surface area (Å²) in [5, 5.41) is 5.93. The highest BCUT2D eigenvalue weighted by atomic mass is 32.1. The zero-order valence-electron chi connectivity index (χ0n) is 23.3. The summed E-state index contributed by atoms with van der Waals surface area (Å²) in [7, 11) is 0. The van der Waals surface area contributed by atoms with Crippen LogP contribution < -0.4 is 10.6 Å². The molecule has 0 spiro atoms. The van der Waals surface area contributed by atoms with E-state index in [9.17, 15) is 14.4 Å². The van der Waals surface area contributed by atoms with Gasteiger partial charge in [-0.2, -0.15) is 12.6 Å². The van der Waals surface area contributed by atoms with Crippen molar-refractivity contribution in [3.63, 3.8) is 0 Å². The quantitative estimate of drug-likeness (QED) is 0.237. The van der Waals surface area contributed by atoms with Gasteiger partial charge in [-0.3, -0.25) is 9.59 Å². The first-order valence-electron chi connectivity index (χ1n) is 13.8. The third-order valence-electron chi connectivity index (χ3n) is 6.70. The maximum atomic E-state index is 14.0. The average molecular weight is 534 g/mol. The van der Waals surface area contributed by atoms with E-state index in [0.717, 1.165) is 62.5 Å². The molecule has 1 aliphatic carbocycles. The molecule has 2 rings (SSSR count). The van der Waals surface area contributed by atoms with Gasteiger partial charge in [-0.15, -0.1) is 0 Å².